The number of nitrogens with zero attached hydrogens (tertiary/aromatic N) is 2. The SMILES string of the molecule is CC(Cn1cccn1)NC(=O)[C@H]1C2C=CC(C2)[C@H]1C(=O)O. The van der Waals surface area contributed by atoms with E-state index >= 15 is 0 Å². The summed E-state index contributed by atoms with van der Waals surface area (Å²) in [4.78, 5) is 23.9. The molecule has 1 aromatic rings. The van der Waals surface area contributed by atoms with Gasteiger partial charge in [-0.25, -0.2) is 0 Å². The highest BCUT2D eigenvalue weighted by atomic mass is 16.4. The Balaban J connectivity index is 1.64. The van der Waals surface area contributed by atoms with E-state index in [9.17, 15) is 14.7 Å². The molecule has 0 saturated heterocycles. The number of nitrogens with one attached hydrogen (secondary N) is 1. The van der Waals surface area contributed by atoms with Gasteiger partial charge in [-0.1, -0.05) is 12.2 Å². The summed E-state index contributed by atoms with van der Waals surface area (Å²) >= 11 is 0. The number of carbonyl (C=O) groups excluding carboxylic acids is 1. The number of rotatable bonds is 5. The highest BCUT2D eigenvalue weighted by molar-refractivity contribution is 5.87. The second kappa shape index (κ2) is 5.35. The minimum absolute atomic E-state index is 0.00433. The highest BCUT2D eigenvalue weighted by Crippen LogP contribution is 2.48. The summed E-state index contributed by atoms with van der Waals surface area (Å²) in [5.74, 6) is -1.99. The van der Waals surface area contributed by atoms with Crippen LogP contribution in [0, 0.1) is 23.7 Å². The molecule has 112 valence electrons. The first kappa shape index (κ1) is 13.9. The average Bonchev–Trinajstić information content (AvgIpc) is 3.13. The monoisotopic (exact) mass is 289 g/mol. The topological polar surface area (TPSA) is 84.2 Å². The third-order valence-electron chi connectivity index (χ3n) is 4.46. The van der Waals surface area contributed by atoms with Gasteiger partial charge in [-0.3, -0.25) is 14.3 Å². The molecule has 2 aliphatic carbocycles. The van der Waals surface area contributed by atoms with Crippen molar-refractivity contribution < 1.29 is 14.7 Å². The van der Waals surface area contributed by atoms with Crippen LogP contribution >= 0.6 is 0 Å². The summed E-state index contributed by atoms with van der Waals surface area (Å²) in [6, 6.07) is 1.74. The van der Waals surface area contributed by atoms with Gasteiger partial charge in [-0.15, -0.1) is 0 Å². The standard InChI is InChI=1S/C15H19N3O3/c1-9(8-18-6-2-5-16-18)17-14(19)12-10-3-4-11(7-10)13(12)15(20)21/h2-6,9-13H,7-8H2,1H3,(H,17,19)(H,20,21)/t9?,10?,11?,12-,13+/m0/s1. The minimum Gasteiger partial charge on any atom is -0.481 e. The fraction of sp³-hybridized carbons (Fsp3) is 0.533. The molecule has 1 fully saturated rings. The van der Waals surface area contributed by atoms with Gasteiger partial charge in [0.1, 0.15) is 0 Å². The van der Waals surface area contributed by atoms with E-state index in [0.717, 1.165) is 6.42 Å². The number of carbonyl (C=O) groups is 2. The number of amides is 1. The van der Waals surface area contributed by atoms with E-state index in [-0.39, 0.29) is 23.8 Å². The summed E-state index contributed by atoms with van der Waals surface area (Å²) in [7, 11) is 0. The molecule has 1 saturated carbocycles. The van der Waals surface area contributed by atoms with Gasteiger partial charge < -0.3 is 10.4 Å². The Morgan fingerprint density at radius 1 is 1.38 bits per heavy atom. The van der Waals surface area contributed by atoms with Crippen LogP contribution < -0.4 is 5.32 Å². The lowest BCUT2D eigenvalue weighted by Gasteiger charge is -2.25. The zero-order chi connectivity index (χ0) is 15.0. The van der Waals surface area contributed by atoms with Crippen LogP contribution in [0.4, 0.5) is 0 Å². The summed E-state index contributed by atoms with van der Waals surface area (Å²) in [6.07, 6.45) is 8.24. The van der Waals surface area contributed by atoms with Crippen LogP contribution in [-0.2, 0) is 16.1 Å². The van der Waals surface area contributed by atoms with Gasteiger partial charge in [0.05, 0.1) is 18.4 Å². The Kier molecular flexibility index (Phi) is 3.53. The maximum absolute atomic E-state index is 12.5. The predicted octanol–water partition coefficient (Wildman–Crippen LogP) is 0.911. The molecule has 0 spiro atoms. The lowest BCUT2D eigenvalue weighted by molar-refractivity contribution is -0.148. The van der Waals surface area contributed by atoms with Gasteiger partial charge >= 0.3 is 5.97 Å². The maximum Gasteiger partial charge on any atom is 0.307 e. The van der Waals surface area contributed by atoms with Crippen molar-refractivity contribution in [3.8, 4) is 0 Å². The molecule has 1 aromatic heterocycles. The van der Waals surface area contributed by atoms with Crippen molar-refractivity contribution in [2.24, 2.45) is 23.7 Å². The van der Waals surface area contributed by atoms with E-state index in [2.05, 4.69) is 10.4 Å². The van der Waals surface area contributed by atoms with Crippen LogP contribution in [0.5, 0.6) is 0 Å². The lowest BCUT2D eigenvalue weighted by Crippen LogP contribution is -2.44. The van der Waals surface area contributed by atoms with Gasteiger partial charge in [0.15, 0.2) is 0 Å². The first-order valence-electron chi connectivity index (χ1n) is 7.25. The summed E-state index contributed by atoms with van der Waals surface area (Å²) in [6.45, 7) is 2.48. The van der Waals surface area contributed by atoms with Crippen LogP contribution in [0.15, 0.2) is 30.6 Å². The smallest absolute Gasteiger partial charge is 0.307 e. The highest BCUT2D eigenvalue weighted by Gasteiger charge is 2.51. The molecule has 0 aromatic carbocycles. The zero-order valence-corrected chi connectivity index (χ0v) is 11.8. The van der Waals surface area contributed by atoms with E-state index in [4.69, 9.17) is 0 Å². The molecule has 1 amide bonds. The predicted molar refractivity (Wildman–Crippen MR) is 75.2 cm³/mol. The second-order valence-corrected chi connectivity index (χ2v) is 5.98. The molecule has 6 nitrogen and oxygen atoms in total. The van der Waals surface area contributed by atoms with Crippen LogP contribution in [-0.4, -0.2) is 32.8 Å². The molecule has 6 heteroatoms. The molecule has 1 heterocycles. The molecule has 5 atom stereocenters. The molecule has 3 rings (SSSR count). The van der Waals surface area contributed by atoms with Crippen LogP contribution in [0.1, 0.15) is 13.3 Å². The third kappa shape index (κ3) is 2.57. The Labute approximate surface area is 122 Å². The molecule has 2 bridgehead atoms. The third-order valence-corrected chi connectivity index (χ3v) is 4.46. The van der Waals surface area contributed by atoms with Crippen molar-refractivity contribution >= 4 is 11.9 Å². The van der Waals surface area contributed by atoms with Gasteiger partial charge in [0.2, 0.25) is 5.91 Å². The van der Waals surface area contributed by atoms with E-state index < -0.39 is 17.8 Å². The van der Waals surface area contributed by atoms with Crippen molar-refractivity contribution in [3.63, 3.8) is 0 Å². The Bertz CT molecular complexity index is 567. The first-order valence-corrected chi connectivity index (χ1v) is 7.25. The number of carboxylic acid groups (broad SMARTS) is 1. The molecule has 3 unspecified atom stereocenters. The van der Waals surface area contributed by atoms with Crippen molar-refractivity contribution in [1.29, 1.82) is 0 Å². The van der Waals surface area contributed by atoms with Crippen LogP contribution in [0.25, 0.3) is 0 Å². The number of hydrogen-bond acceptors (Lipinski definition) is 3. The lowest BCUT2D eigenvalue weighted by atomic mass is 9.82. The molecule has 2 N–H and O–H groups in total. The molecule has 0 aliphatic heterocycles. The maximum atomic E-state index is 12.5. The largest absolute Gasteiger partial charge is 0.481 e. The summed E-state index contributed by atoms with van der Waals surface area (Å²) in [5, 5.41) is 16.4. The first-order chi connectivity index (χ1) is 10.1. The van der Waals surface area contributed by atoms with E-state index in [1.165, 1.54) is 0 Å². The summed E-state index contributed by atoms with van der Waals surface area (Å²) in [5.41, 5.74) is 0. The second-order valence-electron chi connectivity index (χ2n) is 5.98. The summed E-state index contributed by atoms with van der Waals surface area (Å²) < 4.78 is 1.75. The fourth-order valence-corrected chi connectivity index (χ4v) is 3.59. The molecular weight excluding hydrogens is 270 g/mol. The van der Waals surface area contributed by atoms with E-state index in [1.54, 1.807) is 10.9 Å². The Morgan fingerprint density at radius 2 is 2.10 bits per heavy atom. The molecule has 2 aliphatic rings. The molecule has 21 heavy (non-hydrogen) atoms. The van der Waals surface area contributed by atoms with Gasteiger partial charge in [-0.05, 0) is 31.2 Å². The Hall–Kier alpha value is -2.11. The van der Waals surface area contributed by atoms with E-state index in [1.807, 2.05) is 31.3 Å². The van der Waals surface area contributed by atoms with Crippen molar-refractivity contribution in [3.05, 3.63) is 30.6 Å². The molecular formula is C15H19N3O3. The minimum atomic E-state index is -0.869. The zero-order valence-electron chi connectivity index (χ0n) is 11.8. The number of carboxylic acids is 1. The number of fused-ring (bicyclic) bond motifs is 2. The Morgan fingerprint density at radius 3 is 2.71 bits per heavy atom. The quantitative estimate of drug-likeness (QED) is 0.789. The van der Waals surface area contributed by atoms with Gasteiger partial charge in [0, 0.05) is 18.4 Å². The van der Waals surface area contributed by atoms with Crippen molar-refractivity contribution in [2.45, 2.75) is 25.9 Å². The van der Waals surface area contributed by atoms with E-state index in [0.29, 0.717) is 6.54 Å². The number of allylic oxidation sites excluding steroid dienone is 2. The number of aliphatic carboxylic acids is 1. The van der Waals surface area contributed by atoms with Gasteiger partial charge in [-0.2, -0.15) is 5.10 Å². The van der Waals surface area contributed by atoms with Crippen LogP contribution in [0.3, 0.4) is 0 Å². The van der Waals surface area contributed by atoms with Crippen LogP contribution in [0.2, 0.25) is 0 Å². The number of hydrogen-bond donors (Lipinski definition) is 2. The normalized spacial score (nSPS) is 31.3. The average molecular weight is 289 g/mol. The van der Waals surface area contributed by atoms with Gasteiger partial charge in [0.25, 0.3) is 0 Å². The number of aromatic nitrogens is 2. The molecule has 0 radical (unpaired) electrons. The van der Waals surface area contributed by atoms with Crippen molar-refractivity contribution in [2.75, 3.05) is 0 Å². The van der Waals surface area contributed by atoms with Crippen molar-refractivity contribution in [1.82, 2.24) is 15.1 Å². The fourth-order valence-electron chi connectivity index (χ4n) is 3.59.